The standard InChI is InChI=1S/C18H20ClN3O5S/c19-15-3-1-14(2-4-15)11-20-17(23)13-21-12-16(5-6-18(21)24)28(25,26)22-7-9-27-10-8-22/h1-6,12H,7-11,13H2,(H,20,23). The maximum Gasteiger partial charge on any atom is 0.251 e. The highest BCUT2D eigenvalue weighted by Gasteiger charge is 2.27. The highest BCUT2D eigenvalue weighted by molar-refractivity contribution is 7.89. The summed E-state index contributed by atoms with van der Waals surface area (Å²) in [6, 6.07) is 9.41. The molecule has 3 rings (SSSR count). The van der Waals surface area contributed by atoms with Crippen molar-refractivity contribution in [3.63, 3.8) is 0 Å². The number of ether oxygens (including phenoxy) is 1. The fraction of sp³-hybridized carbons (Fsp3) is 0.333. The number of hydrogen-bond acceptors (Lipinski definition) is 5. The van der Waals surface area contributed by atoms with Gasteiger partial charge in [-0.15, -0.1) is 0 Å². The first kappa shape index (κ1) is 20.5. The Hall–Kier alpha value is -2.20. The van der Waals surface area contributed by atoms with Crippen molar-refractivity contribution in [1.82, 2.24) is 14.2 Å². The van der Waals surface area contributed by atoms with E-state index in [2.05, 4.69) is 5.32 Å². The Bertz CT molecular complexity index is 999. The summed E-state index contributed by atoms with van der Waals surface area (Å²) in [5.41, 5.74) is 0.399. The molecule has 0 aliphatic carbocycles. The third kappa shape index (κ3) is 4.99. The lowest BCUT2D eigenvalue weighted by Gasteiger charge is -2.26. The third-order valence-electron chi connectivity index (χ3n) is 4.28. The van der Waals surface area contributed by atoms with Crippen LogP contribution in [-0.4, -0.2) is 49.5 Å². The molecule has 2 aromatic rings. The maximum absolute atomic E-state index is 12.7. The van der Waals surface area contributed by atoms with Gasteiger partial charge in [-0.25, -0.2) is 8.42 Å². The predicted molar refractivity (Wildman–Crippen MR) is 104 cm³/mol. The Morgan fingerprint density at radius 2 is 1.79 bits per heavy atom. The number of carbonyl (C=O) groups is 1. The van der Waals surface area contributed by atoms with E-state index in [1.54, 1.807) is 24.3 Å². The number of morpholine rings is 1. The van der Waals surface area contributed by atoms with E-state index >= 15 is 0 Å². The number of sulfonamides is 1. The van der Waals surface area contributed by atoms with Gasteiger partial charge in [0.15, 0.2) is 0 Å². The zero-order valence-corrected chi connectivity index (χ0v) is 16.6. The first-order valence-corrected chi connectivity index (χ1v) is 10.5. The number of amides is 1. The van der Waals surface area contributed by atoms with Crippen molar-refractivity contribution in [3.05, 3.63) is 63.5 Å². The van der Waals surface area contributed by atoms with Crippen molar-refractivity contribution in [1.29, 1.82) is 0 Å². The molecule has 0 saturated carbocycles. The lowest BCUT2D eigenvalue weighted by molar-refractivity contribution is -0.121. The molecule has 1 saturated heterocycles. The van der Waals surface area contributed by atoms with Crippen LogP contribution in [0.5, 0.6) is 0 Å². The summed E-state index contributed by atoms with van der Waals surface area (Å²) in [5.74, 6) is -0.405. The van der Waals surface area contributed by atoms with Gasteiger partial charge in [0.1, 0.15) is 6.54 Å². The number of hydrogen-bond donors (Lipinski definition) is 1. The van der Waals surface area contributed by atoms with Crippen LogP contribution in [0.15, 0.2) is 52.3 Å². The van der Waals surface area contributed by atoms with Crippen molar-refractivity contribution in [3.8, 4) is 0 Å². The molecule has 1 N–H and O–H groups in total. The second-order valence-corrected chi connectivity index (χ2v) is 8.62. The highest BCUT2D eigenvalue weighted by atomic mass is 35.5. The Morgan fingerprint density at radius 3 is 2.46 bits per heavy atom. The van der Waals surface area contributed by atoms with E-state index in [1.165, 1.54) is 16.6 Å². The fourth-order valence-corrected chi connectivity index (χ4v) is 4.29. The van der Waals surface area contributed by atoms with Crippen molar-refractivity contribution in [2.45, 2.75) is 18.0 Å². The molecule has 1 aliphatic heterocycles. The molecule has 1 amide bonds. The smallest absolute Gasteiger partial charge is 0.251 e. The minimum absolute atomic E-state index is 0.0282. The normalized spacial score (nSPS) is 15.3. The largest absolute Gasteiger partial charge is 0.379 e. The number of aromatic nitrogens is 1. The van der Waals surface area contributed by atoms with Gasteiger partial charge in [0.25, 0.3) is 5.56 Å². The second kappa shape index (κ2) is 8.87. The van der Waals surface area contributed by atoms with Gasteiger partial charge in [-0.2, -0.15) is 4.31 Å². The van der Waals surface area contributed by atoms with Crippen molar-refractivity contribution in [2.24, 2.45) is 0 Å². The van der Waals surface area contributed by atoms with Crippen LogP contribution in [0.1, 0.15) is 5.56 Å². The highest BCUT2D eigenvalue weighted by Crippen LogP contribution is 2.15. The van der Waals surface area contributed by atoms with Gasteiger partial charge in [-0.05, 0) is 23.8 Å². The number of nitrogens with zero attached hydrogens (tertiary/aromatic N) is 2. The third-order valence-corrected chi connectivity index (χ3v) is 6.42. The van der Waals surface area contributed by atoms with Gasteiger partial charge in [0.2, 0.25) is 15.9 Å². The van der Waals surface area contributed by atoms with E-state index in [9.17, 15) is 18.0 Å². The van der Waals surface area contributed by atoms with Gasteiger partial charge in [0.05, 0.1) is 18.1 Å². The average Bonchev–Trinajstić information content (AvgIpc) is 2.70. The number of nitrogens with one attached hydrogen (secondary N) is 1. The van der Waals surface area contributed by atoms with E-state index in [-0.39, 0.29) is 31.1 Å². The second-order valence-electron chi connectivity index (χ2n) is 6.25. The summed E-state index contributed by atoms with van der Waals surface area (Å²) in [4.78, 5) is 24.2. The summed E-state index contributed by atoms with van der Waals surface area (Å²) < 4.78 is 33.0. The van der Waals surface area contributed by atoms with E-state index in [4.69, 9.17) is 16.3 Å². The molecule has 1 aromatic carbocycles. The summed E-state index contributed by atoms with van der Waals surface area (Å²) in [7, 11) is -3.75. The average molecular weight is 426 g/mol. The topological polar surface area (TPSA) is 97.7 Å². The minimum atomic E-state index is -3.75. The molecule has 10 heteroatoms. The molecular formula is C18H20ClN3O5S. The van der Waals surface area contributed by atoms with Crippen molar-refractivity contribution in [2.75, 3.05) is 26.3 Å². The van der Waals surface area contributed by atoms with Crippen LogP contribution in [0.25, 0.3) is 0 Å². The summed E-state index contributed by atoms with van der Waals surface area (Å²) in [6.45, 7) is 1.15. The van der Waals surface area contributed by atoms with Crippen LogP contribution in [0.3, 0.4) is 0 Å². The Labute approximate surface area is 167 Å². The molecule has 2 heterocycles. The lowest BCUT2D eigenvalue weighted by Crippen LogP contribution is -2.41. The number of halogens is 1. The number of rotatable bonds is 6. The van der Waals surface area contributed by atoms with Gasteiger partial charge in [-0.3, -0.25) is 9.59 Å². The SMILES string of the molecule is O=C(Cn1cc(S(=O)(=O)N2CCOCC2)ccc1=O)NCc1ccc(Cl)cc1. The summed E-state index contributed by atoms with van der Waals surface area (Å²) in [6.07, 6.45) is 1.20. The first-order chi connectivity index (χ1) is 13.4. The van der Waals surface area contributed by atoms with Gasteiger partial charge in [-0.1, -0.05) is 23.7 Å². The van der Waals surface area contributed by atoms with Crippen LogP contribution in [0.2, 0.25) is 5.02 Å². The number of pyridine rings is 1. The Balaban J connectivity index is 1.69. The molecule has 28 heavy (non-hydrogen) atoms. The molecular weight excluding hydrogens is 406 g/mol. The van der Waals surface area contributed by atoms with E-state index in [1.807, 2.05) is 0 Å². The Kier molecular flexibility index (Phi) is 6.50. The van der Waals surface area contributed by atoms with Crippen LogP contribution >= 0.6 is 11.6 Å². The van der Waals surface area contributed by atoms with Crippen molar-refractivity contribution >= 4 is 27.5 Å². The molecule has 1 aliphatic rings. The molecule has 0 radical (unpaired) electrons. The minimum Gasteiger partial charge on any atom is -0.379 e. The molecule has 150 valence electrons. The molecule has 0 bridgehead atoms. The van der Waals surface area contributed by atoms with Crippen LogP contribution in [0, 0.1) is 0 Å². The quantitative estimate of drug-likeness (QED) is 0.739. The van der Waals surface area contributed by atoms with Gasteiger partial charge >= 0.3 is 0 Å². The zero-order chi connectivity index (χ0) is 20.1. The summed E-state index contributed by atoms with van der Waals surface area (Å²) >= 11 is 5.82. The molecule has 8 nitrogen and oxygen atoms in total. The molecule has 1 fully saturated rings. The van der Waals surface area contributed by atoms with Gasteiger partial charge < -0.3 is 14.6 Å². The molecule has 1 aromatic heterocycles. The van der Waals surface area contributed by atoms with Gasteiger partial charge in [0, 0.05) is 36.9 Å². The predicted octanol–water partition coefficient (Wildman–Crippen LogP) is 0.839. The lowest BCUT2D eigenvalue weighted by atomic mass is 10.2. The van der Waals surface area contributed by atoms with Crippen molar-refractivity contribution < 1.29 is 17.9 Å². The number of carbonyl (C=O) groups excluding carboxylic acids is 1. The molecule has 0 spiro atoms. The van der Waals surface area contributed by atoms with E-state index < -0.39 is 21.5 Å². The monoisotopic (exact) mass is 425 g/mol. The van der Waals surface area contributed by atoms with Crippen LogP contribution in [-0.2, 0) is 32.6 Å². The molecule has 0 atom stereocenters. The number of benzene rings is 1. The maximum atomic E-state index is 12.7. The summed E-state index contributed by atoms with van der Waals surface area (Å²) in [5, 5.41) is 3.29. The van der Waals surface area contributed by atoms with E-state index in [0.717, 1.165) is 16.2 Å². The van der Waals surface area contributed by atoms with Crippen LogP contribution < -0.4 is 10.9 Å². The first-order valence-electron chi connectivity index (χ1n) is 8.66. The fourth-order valence-electron chi connectivity index (χ4n) is 2.74. The molecule has 0 unspecified atom stereocenters. The Morgan fingerprint density at radius 1 is 1.11 bits per heavy atom. The zero-order valence-electron chi connectivity index (χ0n) is 15.0. The van der Waals surface area contributed by atoms with Crippen LogP contribution in [0.4, 0.5) is 0 Å². The van der Waals surface area contributed by atoms with E-state index in [0.29, 0.717) is 18.2 Å².